The summed E-state index contributed by atoms with van der Waals surface area (Å²) < 4.78 is 1.82. The van der Waals surface area contributed by atoms with Crippen LogP contribution in [0.4, 0.5) is 0 Å². The van der Waals surface area contributed by atoms with E-state index in [4.69, 9.17) is 4.99 Å². The summed E-state index contributed by atoms with van der Waals surface area (Å²) in [5.74, 6) is 1.00. The zero-order valence-corrected chi connectivity index (χ0v) is 19.1. The van der Waals surface area contributed by atoms with Gasteiger partial charge in [0.1, 0.15) is 0 Å². The minimum atomic E-state index is 0. The molecule has 152 valence electrons. The van der Waals surface area contributed by atoms with Crippen molar-refractivity contribution < 1.29 is 0 Å². The molecule has 0 bridgehead atoms. The molecular weight excluding hydrogens is 463 g/mol. The first kappa shape index (κ1) is 22.4. The largest absolute Gasteiger partial charge is 0.357 e. The molecule has 6 nitrogen and oxygen atoms in total. The number of hydrogen-bond acceptors (Lipinski definition) is 3. The van der Waals surface area contributed by atoms with Crippen molar-refractivity contribution >= 4 is 36.0 Å². The van der Waals surface area contributed by atoms with E-state index in [9.17, 15) is 0 Å². The van der Waals surface area contributed by atoms with Crippen molar-refractivity contribution in [3.63, 3.8) is 0 Å². The first-order chi connectivity index (χ1) is 13.2. The zero-order valence-electron chi connectivity index (χ0n) is 16.8. The van der Waals surface area contributed by atoms with Crippen LogP contribution in [0.2, 0.25) is 0 Å². The lowest BCUT2D eigenvalue weighted by molar-refractivity contribution is 0.194. The molecule has 0 aliphatic carbocycles. The van der Waals surface area contributed by atoms with Crippen LogP contribution in [0.25, 0.3) is 6.08 Å². The molecule has 1 aromatic carbocycles. The molecule has 0 spiro atoms. The van der Waals surface area contributed by atoms with Gasteiger partial charge in [-0.3, -0.25) is 9.58 Å². The fraction of sp³-hybridized carbons (Fsp3) is 0.429. The van der Waals surface area contributed by atoms with E-state index in [-0.39, 0.29) is 24.0 Å². The van der Waals surface area contributed by atoms with Gasteiger partial charge in [-0.2, -0.15) is 5.10 Å². The number of aliphatic imine (C=N–C) groups is 1. The van der Waals surface area contributed by atoms with Crippen LogP contribution in [0.5, 0.6) is 0 Å². The quantitative estimate of drug-likeness (QED) is 0.381. The highest BCUT2D eigenvalue weighted by atomic mass is 127. The number of aromatic nitrogens is 2. The minimum absolute atomic E-state index is 0. The Hall–Kier alpha value is -1.87. The molecule has 1 fully saturated rings. The van der Waals surface area contributed by atoms with Crippen LogP contribution in [0.1, 0.15) is 18.1 Å². The molecule has 1 saturated heterocycles. The molecule has 0 saturated carbocycles. The fourth-order valence-electron chi connectivity index (χ4n) is 3.19. The van der Waals surface area contributed by atoms with Gasteiger partial charge in [0.15, 0.2) is 5.96 Å². The van der Waals surface area contributed by atoms with Crippen LogP contribution in [-0.2, 0) is 13.6 Å². The third-order valence-corrected chi connectivity index (χ3v) is 4.65. The molecule has 3 rings (SSSR count). The van der Waals surface area contributed by atoms with E-state index >= 15 is 0 Å². The number of guanidine groups is 1. The maximum absolute atomic E-state index is 4.79. The summed E-state index contributed by atoms with van der Waals surface area (Å²) in [4.78, 5) is 9.64. The van der Waals surface area contributed by atoms with E-state index in [1.54, 1.807) is 0 Å². The first-order valence-corrected chi connectivity index (χ1v) is 9.69. The molecule has 1 aromatic heterocycles. The van der Waals surface area contributed by atoms with Crippen LogP contribution in [0.15, 0.2) is 53.8 Å². The maximum Gasteiger partial charge on any atom is 0.194 e. The molecule has 7 heteroatoms. The third kappa shape index (κ3) is 6.94. The second-order valence-electron chi connectivity index (χ2n) is 6.79. The van der Waals surface area contributed by atoms with Gasteiger partial charge in [-0.05, 0) is 12.5 Å². The van der Waals surface area contributed by atoms with Gasteiger partial charge in [-0.15, -0.1) is 24.0 Å². The first-order valence-electron chi connectivity index (χ1n) is 9.69. The van der Waals surface area contributed by atoms with E-state index < -0.39 is 0 Å². The number of aryl methyl sites for hydroxylation is 1. The Morgan fingerprint density at radius 2 is 1.93 bits per heavy atom. The van der Waals surface area contributed by atoms with Gasteiger partial charge in [0.25, 0.3) is 0 Å². The van der Waals surface area contributed by atoms with Crippen molar-refractivity contribution in [2.45, 2.75) is 13.5 Å². The third-order valence-electron chi connectivity index (χ3n) is 4.65. The number of rotatable bonds is 6. The van der Waals surface area contributed by atoms with Crippen LogP contribution in [0, 0.1) is 0 Å². The van der Waals surface area contributed by atoms with Gasteiger partial charge in [0.2, 0.25) is 0 Å². The van der Waals surface area contributed by atoms with Gasteiger partial charge in [-0.1, -0.05) is 42.5 Å². The van der Waals surface area contributed by atoms with Crippen LogP contribution in [-0.4, -0.2) is 64.8 Å². The minimum Gasteiger partial charge on any atom is -0.357 e. The molecule has 0 atom stereocenters. The molecule has 1 aliphatic heterocycles. The summed E-state index contributed by atoms with van der Waals surface area (Å²) in [7, 11) is 1.93. The number of benzene rings is 1. The highest BCUT2D eigenvalue weighted by molar-refractivity contribution is 14.0. The Balaban J connectivity index is 0.00000280. The summed E-state index contributed by atoms with van der Waals surface area (Å²) in [5, 5.41) is 7.64. The maximum atomic E-state index is 4.79. The van der Waals surface area contributed by atoms with Gasteiger partial charge < -0.3 is 10.2 Å². The lowest BCUT2D eigenvalue weighted by Crippen LogP contribution is -2.52. The van der Waals surface area contributed by atoms with E-state index in [2.05, 4.69) is 63.6 Å². The molecule has 2 heterocycles. The smallest absolute Gasteiger partial charge is 0.194 e. The van der Waals surface area contributed by atoms with Gasteiger partial charge in [0, 0.05) is 58.1 Å². The van der Waals surface area contributed by atoms with E-state index in [0.29, 0.717) is 6.54 Å². The summed E-state index contributed by atoms with van der Waals surface area (Å²) in [6.07, 6.45) is 8.35. The Bertz CT molecular complexity index is 747. The highest BCUT2D eigenvalue weighted by Gasteiger charge is 2.18. The Kier molecular flexibility index (Phi) is 9.49. The summed E-state index contributed by atoms with van der Waals surface area (Å²) in [6, 6.07) is 10.5. The Labute approximate surface area is 185 Å². The molecular formula is C21H31IN6. The van der Waals surface area contributed by atoms with Crippen molar-refractivity contribution in [3.05, 3.63) is 59.9 Å². The van der Waals surface area contributed by atoms with Crippen molar-refractivity contribution in [1.82, 2.24) is 24.9 Å². The monoisotopic (exact) mass is 494 g/mol. The molecule has 0 amide bonds. The predicted molar refractivity (Wildman–Crippen MR) is 127 cm³/mol. The molecule has 1 N–H and O–H groups in total. The number of nitrogens with zero attached hydrogens (tertiary/aromatic N) is 5. The Morgan fingerprint density at radius 1 is 1.18 bits per heavy atom. The molecule has 28 heavy (non-hydrogen) atoms. The van der Waals surface area contributed by atoms with Gasteiger partial charge >= 0.3 is 0 Å². The average Bonchev–Trinajstić information content (AvgIpc) is 3.12. The predicted octanol–water partition coefficient (Wildman–Crippen LogP) is 2.83. The fourth-order valence-corrected chi connectivity index (χ4v) is 3.19. The van der Waals surface area contributed by atoms with Crippen LogP contribution < -0.4 is 5.32 Å². The normalized spacial score (nSPS) is 15.6. The second kappa shape index (κ2) is 11.9. The number of piperazine rings is 1. The molecule has 0 unspecified atom stereocenters. The van der Waals surface area contributed by atoms with Crippen molar-refractivity contribution in [3.8, 4) is 0 Å². The number of hydrogen-bond donors (Lipinski definition) is 1. The van der Waals surface area contributed by atoms with Crippen molar-refractivity contribution in [2.24, 2.45) is 12.0 Å². The topological polar surface area (TPSA) is 48.7 Å². The van der Waals surface area contributed by atoms with Crippen LogP contribution >= 0.6 is 24.0 Å². The van der Waals surface area contributed by atoms with Gasteiger partial charge in [0.05, 0.1) is 12.7 Å². The van der Waals surface area contributed by atoms with E-state index in [0.717, 1.165) is 50.8 Å². The van der Waals surface area contributed by atoms with Crippen molar-refractivity contribution in [1.29, 1.82) is 0 Å². The highest BCUT2D eigenvalue weighted by Crippen LogP contribution is 2.06. The average molecular weight is 494 g/mol. The summed E-state index contributed by atoms with van der Waals surface area (Å²) >= 11 is 0. The zero-order chi connectivity index (χ0) is 18.9. The standard InChI is InChI=1S/C21H30N6.HI/c1-3-22-21(23-16-20-17-24-25(2)18-20)27-14-12-26(13-15-27)11-7-10-19-8-5-4-6-9-19;/h4-10,17-18H,3,11-16H2,1-2H3,(H,22,23);1H. The van der Waals surface area contributed by atoms with Crippen LogP contribution in [0.3, 0.4) is 0 Å². The molecule has 0 radical (unpaired) electrons. The Morgan fingerprint density at radius 3 is 2.57 bits per heavy atom. The second-order valence-corrected chi connectivity index (χ2v) is 6.79. The van der Waals surface area contributed by atoms with Crippen molar-refractivity contribution in [2.75, 3.05) is 39.3 Å². The molecule has 1 aliphatic rings. The summed E-state index contributed by atoms with van der Waals surface area (Å²) in [5.41, 5.74) is 2.39. The van der Waals surface area contributed by atoms with E-state index in [1.165, 1.54) is 5.56 Å². The lowest BCUT2D eigenvalue weighted by atomic mass is 10.2. The number of nitrogens with one attached hydrogen (secondary N) is 1. The SMILES string of the molecule is CCNC(=NCc1cnn(C)c1)N1CCN(CC=Cc2ccccc2)CC1.I. The number of halogens is 1. The van der Waals surface area contributed by atoms with E-state index in [1.807, 2.05) is 30.2 Å². The lowest BCUT2D eigenvalue weighted by Gasteiger charge is -2.36. The summed E-state index contributed by atoms with van der Waals surface area (Å²) in [6.45, 7) is 8.75. The van der Waals surface area contributed by atoms with Gasteiger partial charge in [-0.25, -0.2) is 4.99 Å². The molecule has 2 aromatic rings.